The van der Waals surface area contributed by atoms with Crippen LogP contribution in [-0.4, -0.2) is 30.0 Å². The fraction of sp³-hybridized carbons (Fsp3) is 0.963. The van der Waals surface area contributed by atoms with Gasteiger partial charge in [0.2, 0.25) is 0 Å². The van der Waals surface area contributed by atoms with Crippen molar-refractivity contribution in [2.45, 2.75) is 155 Å². The molecule has 4 heteroatoms. The molecule has 0 bridgehead atoms. The van der Waals surface area contributed by atoms with Gasteiger partial charge in [-0.15, -0.1) is 0 Å². The van der Waals surface area contributed by atoms with Crippen molar-refractivity contribution >= 4 is 5.97 Å². The molecule has 0 aliphatic heterocycles. The van der Waals surface area contributed by atoms with E-state index >= 15 is 0 Å². The second-order valence-corrected chi connectivity index (χ2v) is 9.31. The van der Waals surface area contributed by atoms with E-state index < -0.39 is 5.97 Å². The van der Waals surface area contributed by atoms with Crippen molar-refractivity contribution in [1.82, 2.24) is 4.90 Å². The van der Waals surface area contributed by atoms with E-state index in [0.717, 1.165) is 19.3 Å². The summed E-state index contributed by atoms with van der Waals surface area (Å²) in [6.45, 7) is 9.19. The minimum Gasteiger partial charge on any atom is -0.550 e. The number of unbranched alkanes of at least 4 members (excludes halogenated alkanes) is 14. The zero-order valence-corrected chi connectivity index (χ0v) is 23.9. The van der Waals surface area contributed by atoms with Crippen molar-refractivity contribution in [3.63, 3.8) is 0 Å². The first-order valence-corrected chi connectivity index (χ1v) is 13.6. The summed E-state index contributed by atoms with van der Waals surface area (Å²) in [6.07, 6.45) is 24.9. The molecular formula is C27H54NNaO2. The van der Waals surface area contributed by atoms with Gasteiger partial charge in [0.25, 0.3) is 0 Å². The maximum absolute atomic E-state index is 10.8. The molecule has 3 nitrogen and oxygen atoms in total. The van der Waals surface area contributed by atoms with Gasteiger partial charge in [0.05, 0.1) is 0 Å². The smallest absolute Gasteiger partial charge is 0.550 e. The van der Waals surface area contributed by atoms with E-state index in [2.05, 4.69) is 25.7 Å². The predicted molar refractivity (Wildman–Crippen MR) is 130 cm³/mol. The topological polar surface area (TPSA) is 43.4 Å². The van der Waals surface area contributed by atoms with Gasteiger partial charge < -0.3 is 14.8 Å². The van der Waals surface area contributed by atoms with Crippen LogP contribution in [0.15, 0.2) is 0 Å². The zero-order valence-electron chi connectivity index (χ0n) is 21.9. The third-order valence-electron chi connectivity index (χ3n) is 6.50. The van der Waals surface area contributed by atoms with E-state index in [-0.39, 0.29) is 36.0 Å². The quantitative estimate of drug-likeness (QED) is 0.164. The molecule has 0 saturated carbocycles. The van der Waals surface area contributed by atoms with Crippen molar-refractivity contribution in [3.8, 4) is 0 Å². The van der Waals surface area contributed by atoms with Crippen LogP contribution in [0.3, 0.4) is 0 Å². The number of carbonyl (C=O) groups excluding carboxylic acids is 1. The van der Waals surface area contributed by atoms with Gasteiger partial charge in [0.15, 0.2) is 0 Å². The predicted octanol–water partition coefficient (Wildman–Crippen LogP) is 4.27. The number of rotatable bonds is 24. The van der Waals surface area contributed by atoms with Crippen molar-refractivity contribution in [1.29, 1.82) is 0 Å². The van der Waals surface area contributed by atoms with Crippen molar-refractivity contribution < 1.29 is 39.5 Å². The van der Waals surface area contributed by atoms with Crippen LogP contribution >= 0.6 is 0 Å². The van der Waals surface area contributed by atoms with Crippen molar-refractivity contribution in [2.24, 2.45) is 0 Å². The normalized spacial score (nSPS) is 12.1. The molecule has 0 aromatic rings. The molecule has 0 aromatic heterocycles. The standard InChI is InChI=1S/C27H55NO2.Na/c1-4-7-9-11-13-15-17-19-24-28(26(6-3)22-21-23-27(29)30)25-20-18-16-14-12-10-8-5-2;/h26H,4-25H2,1-3H3,(H,29,30);/q;+1/p-1. The molecule has 0 saturated heterocycles. The molecular weight excluding hydrogens is 393 g/mol. The van der Waals surface area contributed by atoms with E-state index in [1.54, 1.807) is 0 Å². The Kier molecular flexibility index (Phi) is 28.9. The van der Waals surface area contributed by atoms with Crippen molar-refractivity contribution in [2.75, 3.05) is 13.1 Å². The maximum atomic E-state index is 10.8. The van der Waals surface area contributed by atoms with E-state index in [1.807, 2.05) is 0 Å². The van der Waals surface area contributed by atoms with Gasteiger partial charge in [0.1, 0.15) is 0 Å². The fourth-order valence-electron chi connectivity index (χ4n) is 4.50. The SMILES string of the molecule is CCCCCCCCCCN(CCCCCCCCCC)C(CC)CCCC(=O)[O-].[Na+]. The van der Waals surface area contributed by atoms with Gasteiger partial charge >= 0.3 is 29.6 Å². The molecule has 1 atom stereocenters. The van der Waals surface area contributed by atoms with Gasteiger partial charge in [0, 0.05) is 12.0 Å². The van der Waals surface area contributed by atoms with Gasteiger partial charge in [-0.3, -0.25) is 0 Å². The van der Waals surface area contributed by atoms with E-state index in [9.17, 15) is 9.90 Å². The van der Waals surface area contributed by atoms with Crippen LogP contribution in [0.4, 0.5) is 0 Å². The summed E-state index contributed by atoms with van der Waals surface area (Å²) >= 11 is 0. The minimum absolute atomic E-state index is 0. The third kappa shape index (κ3) is 23.4. The minimum atomic E-state index is -0.900. The number of hydrogen-bond acceptors (Lipinski definition) is 3. The summed E-state index contributed by atoms with van der Waals surface area (Å²) < 4.78 is 0. The first kappa shape index (κ1) is 33.6. The van der Waals surface area contributed by atoms with Gasteiger partial charge in [-0.05, 0) is 51.6 Å². The summed E-state index contributed by atoms with van der Waals surface area (Å²) in [4.78, 5) is 13.5. The van der Waals surface area contributed by atoms with Crippen LogP contribution in [0.1, 0.15) is 149 Å². The average molecular weight is 448 g/mol. The Morgan fingerprint density at radius 2 is 1.03 bits per heavy atom. The Hall–Kier alpha value is 0.430. The molecule has 0 aliphatic rings. The third-order valence-corrected chi connectivity index (χ3v) is 6.50. The molecule has 180 valence electrons. The molecule has 0 N–H and O–H groups in total. The summed E-state index contributed by atoms with van der Waals surface area (Å²) in [6, 6.07) is 0.540. The monoisotopic (exact) mass is 447 g/mol. The largest absolute Gasteiger partial charge is 1.00 e. The van der Waals surface area contributed by atoms with E-state index in [4.69, 9.17) is 0 Å². The fourth-order valence-corrected chi connectivity index (χ4v) is 4.50. The van der Waals surface area contributed by atoms with Crippen LogP contribution in [0.2, 0.25) is 0 Å². The number of hydrogen-bond donors (Lipinski definition) is 0. The zero-order chi connectivity index (χ0) is 22.3. The molecule has 0 amide bonds. The average Bonchev–Trinajstić information content (AvgIpc) is 2.73. The van der Waals surface area contributed by atoms with Crippen LogP contribution in [0, 0.1) is 0 Å². The Balaban J connectivity index is 0. The number of carbonyl (C=O) groups is 1. The molecule has 0 heterocycles. The first-order chi connectivity index (χ1) is 14.7. The molecule has 0 spiro atoms. The Morgan fingerprint density at radius 3 is 1.39 bits per heavy atom. The maximum Gasteiger partial charge on any atom is 1.00 e. The summed E-state index contributed by atoms with van der Waals surface area (Å²) in [5.41, 5.74) is 0. The summed E-state index contributed by atoms with van der Waals surface area (Å²) in [5.74, 6) is -0.900. The van der Waals surface area contributed by atoms with Crippen LogP contribution < -0.4 is 34.7 Å². The molecule has 0 fully saturated rings. The van der Waals surface area contributed by atoms with Crippen LogP contribution in [-0.2, 0) is 4.79 Å². The second kappa shape index (κ2) is 26.7. The van der Waals surface area contributed by atoms with E-state index in [0.29, 0.717) is 6.04 Å². The molecule has 1 unspecified atom stereocenters. The molecule has 0 radical (unpaired) electrons. The van der Waals surface area contributed by atoms with Crippen molar-refractivity contribution in [3.05, 3.63) is 0 Å². The Labute approximate surface area is 217 Å². The Morgan fingerprint density at radius 1 is 0.645 bits per heavy atom. The van der Waals surface area contributed by atoms with Crippen LogP contribution in [0.5, 0.6) is 0 Å². The second-order valence-electron chi connectivity index (χ2n) is 9.31. The Bertz CT molecular complexity index is 345. The number of carboxylic acids is 1. The van der Waals surface area contributed by atoms with Gasteiger partial charge in [-0.25, -0.2) is 0 Å². The number of aliphatic carboxylic acids is 1. The van der Waals surface area contributed by atoms with Gasteiger partial charge in [-0.1, -0.05) is 111 Å². The molecule has 0 aliphatic carbocycles. The number of nitrogens with zero attached hydrogens (tertiary/aromatic N) is 1. The van der Waals surface area contributed by atoms with E-state index in [1.165, 1.54) is 116 Å². The van der Waals surface area contributed by atoms with Crippen LogP contribution in [0.25, 0.3) is 0 Å². The number of carboxylic acid groups (broad SMARTS) is 1. The molecule has 31 heavy (non-hydrogen) atoms. The molecule has 0 rings (SSSR count). The first-order valence-electron chi connectivity index (χ1n) is 13.6. The summed E-state index contributed by atoms with van der Waals surface area (Å²) in [5, 5.41) is 10.8. The van der Waals surface area contributed by atoms with Gasteiger partial charge in [-0.2, -0.15) is 0 Å². The summed E-state index contributed by atoms with van der Waals surface area (Å²) in [7, 11) is 0. The molecule has 0 aromatic carbocycles.